The number of carbonyl (C=O) groups excluding carboxylic acids is 1. The Morgan fingerprint density at radius 1 is 1.19 bits per heavy atom. The van der Waals surface area contributed by atoms with E-state index in [4.69, 9.17) is 0 Å². The molecule has 2 N–H and O–H groups in total. The molecule has 1 aromatic carbocycles. The van der Waals surface area contributed by atoms with Crippen molar-refractivity contribution < 1.29 is 4.79 Å². The van der Waals surface area contributed by atoms with Crippen LogP contribution in [-0.2, 0) is 11.2 Å². The van der Waals surface area contributed by atoms with Crippen LogP contribution < -0.4 is 5.32 Å². The molecule has 1 aliphatic heterocycles. The molecule has 27 heavy (non-hydrogen) atoms. The van der Waals surface area contributed by atoms with E-state index in [0.717, 1.165) is 48.8 Å². The molecule has 2 aromatic rings. The number of aromatic nitrogens is 2. The number of aromatic amines is 1. The average molecular weight is 371 g/mol. The van der Waals surface area contributed by atoms with Crippen molar-refractivity contribution in [2.24, 2.45) is 0 Å². The minimum Gasteiger partial charge on any atom is -0.339 e. The Kier molecular flexibility index (Phi) is 5.61. The summed E-state index contributed by atoms with van der Waals surface area (Å²) in [4.78, 5) is 15.5. The van der Waals surface area contributed by atoms with Gasteiger partial charge in [-0.2, -0.15) is 5.10 Å². The van der Waals surface area contributed by atoms with Crippen LogP contribution in [0.4, 0.5) is 0 Å². The summed E-state index contributed by atoms with van der Waals surface area (Å²) in [6.45, 7) is 12.0. The van der Waals surface area contributed by atoms with Gasteiger partial charge in [0, 0.05) is 29.1 Å². The molecule has 1 saturated heterocycles. The third-order valence-electron chi connectivity index (χ3n) is 5.55. The standard InChI is InChI=1S/C22H34N4O/c1-6-7-12-26(16-14-21(2,3)25-22(4,5)15-16)20(27)13-19-17-10-8-9-11-18(17)23-24-19/h8-11,16,25H,6-7,12-15H2,1-5H3,(H,23,24). The lowest BCUT2D eigenvalue weighted by Gasteiger charge is -2.49. The summed E-state index contributed by atoms with van der Waals surface area (Å²) in [7, 11) is 0. The van der Waals surface area contributed by atoms with Gasteiger partial charge in [-0.1, -0.05) is 31.5 Å². The van der Waals surface area contributed by atoms with E-state index >= 15 is 0 Å². The molecule has 1 fully saturated rings. The summed E-state index contributed by atoms with van der Waals surface area (Å²) in [6, 6.07) is 8.26. The zero-order valence-electron chi connectivity index (χ0n) is 17.4. The Balaban J connectivity index is 1.82. The number of unbranched alkanes of at least 4 members (excludes halogenated alkanes) is 1. The molecule has 2 heterocycles. The maximum atomic E-state index is 13.3. The molecule has 0 radical (unpaired) electrons. The second-order valence-corrected chi connectivity index (χ2v) is 9.29. The van der Waals surface area contributed by atoms with Crippen molar-refractivity contribution in [1.82, 2.24) is 20.4 Å². The van der Waals surface area contributed by atoms with Crippen LogP contribution in [0.2, 0.25) is 0 Å². The van der Waals surface area contributed by atoms with Gasteiger partial charge in [0.25, 0.3) is 0 Å². The Bertz CT molecular complexity index is 776. The molecule has 1 amide bonds. The lowest BCUT2D eigenvalue weighted by Crippen LogP contribution is -2.63. The van der Waals surface area contributed by atoms with Gasteiger partial charge in [0.05, 0.1) is 17.6 Å². The van der Waals surface area contributed by atoms with Gasteiger partial charge < -0.3 is 10.2 Å². The number of para-hydroxylation sites is 1. The molecular formula is C22H34N4O. The molecular weight excluding hydrogens is 336 g/mol. The van der Waals surface area contributed by atoms with E-state index in [9.17, 15) is 4.79 Å². The van der Waals surface area contributed by atoms with Crippen LogP contribution in [-0.4, -0.2) is 44.7 Å². The summed E-state index contributed by atoms with van der Waals surface area (Å²) < 4.78 is 0. The number of benzene rings is 1. The van der Waals surface area contributed by atoms with Gasteiger partial charge in [-0.15, -0.1) is 0 Å². The zero-order valence-corrected chi connectivity index (χ0v) is 17.4. The van der Waals surface area contributed by atoms with E-state index < -0.39 is 0 Å². The lowest BCUT2D eigenvalue weighted by atomic mass is 9.79. The topological polar surface area (TPSA) is 61.0 Å². The van der Waals surface area contributed by atoms with Gasteiger partial charge in [-0.25, -0.2) is 0 Å². The molecule has 1 aliphatic rings. The first-order valence-corrected chi connectivity index (χ1v) is 10.2. The highest BCUT2D eigenvalue weighted by molar-refractivity contribution is 5.87. The molecule has 1 aromatic heterocycles. The smallest absolute Gasteiger partial charge is 0.228 e. The SMILES string of the molecule is CCCCN(C(=O)Cc1[nH]nc2ccccc12)C1CC(C)(C)NC(C)(C)C1. The van der Waals surface area contributed by atoms with Crippen molar-refractivity contribution in [3.8, 4) is 0 Å². The normalized spacial score (nSPS) is 19.3. The number of piperidine rings is 1. The number of hydrogen-bond acceptors (Lipinski definition) is 3. The van der Waals surface area contributed by atoms with Gasteiger partial charge in [0.1, 0.15) is 0 Å². The first-order chi connectivity index (χ1) is 12.7. The summed E-state index contributed by atoms with van der Waals surface area (Å²) in [5.74, 6) is 0.205. The van der Waals surface area contributed by atoms with E-state index in [1.165, 1.54) is 0 Å². The van der Waals surface area contributed by atoms with Crippen LogP contribution in [0.5, 0.6) is 0 Å². The molecule has 0 atom stereocenters. The van der Waals surface area contributed by atoms with Crippen LogP contribution >= 0.6 is 0 Å². The fraction of sp³-hybridized carbons (Fsp3) is 0.636. The van der Waals surface area contributed by atoms with Crippen molar-refractivity contribution in [2.75, 3.05) is 6.54 Å². The largest absolute Gasteiger partial charge is 0.339 e. The monoisotopic (exact) mass is 370 g/mol. The predicted octanol–water partition coefficient (Wildman–Crippen LogP) is 4.04. The minimum absolute atomic E-state index is 0.0256. The molecule has 0 saturated carbocycles. The van der Waals surface area contributed by atoms with E-state index in [1.54, 1.807) is 0 Å². The van der Waals surface area contributed by atoms with Crippen LogP contribution in [0.3, 0.4) is 0 Å². The minimum atomic E-state index is 0.0256. The molecule has 148 valence electrons. The molecule has 3 rings (SSSR count). The van der Waals surface area contributed by atoms with Gasteiger partial charge in [0.2, 0.25) is 5.91 Å². The third-order valence-corrected chi connectivity index (χ3v) is 5.55. The summed E-state index contributed by atoms with van der Waals surface area (Å²) in [6.07, 6.45) is 4.48. The average Bonchev–Trinajstić information content (AvgIpc) is 2.95. The van der Waals surface area contributed by atoms with Crippen molar-refractivity contribution in [2.45, 2.75) is 83.8 Å². The van der Waals surface area contributed by atoms with Crippen molar-refractivity contribution in [1.29, 1.82) is 0 Å². The summed E-state index contributed by atoms with van der Waals surface area (Å²) in [5.41, 5.74) is 1.89. The van der Waals surface area contributed by atoms with Crippen LogP contribution in [0.25, 0.3) is 10.9 Å². The number of hydrogen-bond donors (Lipinski definition) is 2. The Hall–Kier alpha value is -1.88. The second-order valence-electron chi connectivity index (χ2n) is 9.29. The van der Waals surface area contributed by atoms with Gasteiger partial charge in [-0.05, 0) is 53.0 Å². The van der Waals surface area contributed by atoms with Crippen LogP contribution in [0, 0.1) is 0 Å². The fourth-order valence-electron chi connectivity index (χ4n) is 4.73. The van der Waals surface area contributed by atoms with E-state index in [1.807, 2.05) is 24.3 Å². The highest BCUT2D eigenvalue weighted by Crippen LogP contribution is 2.32. The molecule has 0 unspecified atom stereocenters. The third kappa shape index (κ3) is 4.70. The van der Waals surface area contributed by atoms with E-state index in [0.29, 0.717) is 6.42 Å². The fourth-order valence-corrected chi connectivity index (χ4v) is 4.73. The molecule has 0 bridgehead atoms. The first kappa shape index (κ1) is 19.9. The number of amides is 1. The summed E-state index contributed by atoms with van der Waals surface area (Å²) >= 11 is 0. The maximum absolute atomic E-state index is 13.3. The van der Waals surface area contributed by atoms with Crippen LogP contribution in [0.15, 0.2) is 24.3 Å². The Labute approximate surface area is 162 Å². The van der Waals surface area contributed by atoms with Gasteiger partial charge >= 0.3 is 0 Å². The van der Waals surface area contributed by atoms with Crippen molar-refractivity contribution in [3.05, 3.63) is 30.0 Å². The highest BCUT2D eigenvalue weighted by Gasteiger charge is 2.41. The lowest BCUT2D eigenvalue weighted by molar-refractivity contribution is -0.134. The molecule has 0 aliphatic carbocycles. The molecule has 5 heteroatoms. The number of nitrogens with zero attached hydrogens (tertiary/aromatic N) is 2. The molecule has 5 nitrogen and oxygen atoms in total. The quantitative estimate of drug-likeness (QED) is 0.807. The number of carbonyl (C=O) groups is 1. The summed E-state index contributed by atoms with van der Waals surface area (Å²) in [5, 5.41) is 12.2. The van der Waals surface area contributed by atoms with Crippen molar-refractivity contribution >= 4 is 16.8 Å². The highest BCUT2D eigenvalue weighted by atomic mass is 16.2. The Morgan fingerprint density at radius 2 is 1.85 bits per heavy atom. The predicted molar refractivity (Wildman–Crippen MR) is 111 cm³/mol. The molecule has 0 spiro atoms. The number of H-pyrrole nitrogens is 1. The number of fused-ring (bicyclic) bond motifs is 1. The van der Waals surface area contributed by atoms with E-state index in [2.05, 4.69) is 55.0 Å². The number of rotatable bonds is 6. The van der Waals surface area contributed by atoms with Crippen molar-refractivity contribution in [3.63, 3.8) is 0 Å². The second kappa shape index (κ2) is 7.63. The maximum Gasteiger partial charge on any atom is 0.228 e. The zero-order chi connectivity index (χ0) is 19.7. The Morgan fingerprint density at radius 3 is 2.52 bits per heavy atom. The van der Waals surface area contributed by atoms with Gasteiger partial charge in [0.15, 0.2) is 0 Å². The number of nitrogens with one attached hydrogen (secondary N) is 2. The van der Waals surface area contributed by atoms with Gasteiger partial charge in [-0.3, -0.25) is 9.89 Å². The van der Waals surface area contributed by atoms with Crippen LogP contribution in [0.1, 0.15) is 66.0 Å². The first-order valence-electron chi connectivity index (χ1n) is 10.2. The van der Waals surface area contributed by atoms with E-state index in [-0.39, 0.29) is 23.0 Å².